The summed E-state index contributed by atoms with van der Waals surface area (Å²) >= 11 is 0.990. The SMILES string of the molecule is COc1c(C)cc(CN(C)C(=O)c2ccc(C(=O)O)s2)cc1C. The number of carboxylic acids is 1. The topological polar surface area (TPSA) is 66.8 Å². The highest BCUT2D eigenvalue weighted by molar-refractivity contribution is 7.15. The number of ether oxygens (including phenoxy) is 1. The molecule has 1 amide bonds. The van der Waals surface area contributed by atoms with E-state index in [-0.39, 0.29) is 10.8 Å². The fourth-order valence-electron chi connectivity index (χ4n) is 2.55. The molecule has 0 spiro atoms. The molecular weight excluding hydrogens is 314 g/mol. The van der Waals surface area contributed by atoms with Crippen LogP contribution in [0.1, 0.15) is 36.0 Å². The Morgan fingerprint density at radius 1 is 1.17 bits per heavy atom. The van der Waals surface area contributed by atoms with E-state index in [1.54, 1.807) is 25.1 Å². The second kappa shape index (κ2) is 6.83. The molecule has 2 rings (SSSR count). The van der Waals surface area contributed by atoms with Crippen molar-refractivity contribution in [2.45, 2.75) is 20.4 Å². The highest BCUT2D eigenvalue weighted by Crippen LogP contribution is 2.25. The van der Waals surface area contributed by atoms with Crippen LogP contribution in [0.5, 0.6) is 5.75 Å². The number of hydrogen-bond donors (Lipinski definition) is 1. The molecule has 0 fully saturated rings. The third-order valence-corrected chi connectivity index (χ3v) is 4.58. The second-order valence-electron chi connectivity index (χ2n) is 5.39. The normalized spacial score (nSPS) is 10.4. The van der Waals surface area contributed by atoms with Gasteiger partial charge in [0, 0.05) is 13.6 Å². The Hall–Kier alpha value is -2.34. The van der Waals surface area contributed by atoms with E-state index in [4.69, 9.17) is 9.84 Å². The number of aromatic carboxylic acids is 1. The minimum Gasteiger partial charge on any atom is -0.496 e. The maximum absolute atomic E-state index is 12.4. The zero-order valence-corrected chi connectivity index (χ0v) is 14.4. The number of hydrogen-bond acceptors (Lipinski definition) is 4. The van der Waals surface area contributed by atoms with Gasteiger partial charge in [-0.25, -0.2) is 4.79 Å². The summed E-state index contributed by atoms with van der Waals surface area (Å²) in [5.41, 5.74) is 3.05. The molecule has 1 heterocycles. The number of thiophene rings is 1. The van der Waals surface area contributed by atoms with Gasteiger partial charge >= 0.3 is 5.97 Å². The van der Waals surface area contributed by atoms with Gasteiger partial charge in [0.25, 0.3) is 5.91 Å². The standard InChI is InChI=1S/C17H19NO4S/c1-10-7-12(8-11(2)15(10)22-4)9-18(3)16(19)13-5-6-14(23-13)17(20)21/h5-8H,9H2,1-4H3,(H,20,21). The average molecular weight is 333 g/mol. The van der Waals surface area contributed by atoms with Gasteiger partial charge < -0.3 is 14.7 Å². The van der Waals surface area contributed by atoms with Gasteiger partial charge in [-0.2, -0.15) is 0 Å². The molecule has 1 N–H and O–H groups in total. The van der Waals surface area contributed by atoms with Crippen LogP contribution in [0.2, 0.25) is 0 Å². The first-order valence-corrected chi connectivity index (χ1v) is 7.87. The lowest BCUT2D eigenvalue weighted by Gasteiger charge is -2.18. The van der Waals surface area contributed by atoms with Crippen LogP contribution < -0.4 is 4.74 Å². The van der Waals surface area contributed by atoms with Gasteiger partial charge in [-0.15, -0.1) is 11.3 Å². The molecule has 0 bridgehead atoms. The van der Waals surface area contributed by atoms with Crippen LogP contribution in [0.15, 0.2) is 24.3 Å². The van der Waals surface area contributed by atoms with Crippen molar-refractivity contribution in [2.24, 2.45) is 0 Å². The monoisotopic (exact) mass is 333 g/mol. The van der Waals surface area contributed by atoms with E-state index in [0.717, 1.165) is 33.8 Å². The number of aryl methyl sites for hydroxylation is 2. The highest BCUT2D eigenvalue weighted by atomic mass is 32.1. The number of nitrogens with zero attached hydrogens (tertiary/aromatic N) is 1. The number of benzene rings is 1. The molecular formula is C17H19NO4S. The lowest BCUT2D eigenvalue weighted by molar-refractivity contribution is 0.0701. The molecule has 0 aliphatic carbocycles. The van der Waals surface area contributed by atoms with Crippen molar-refractivity contribution in [3.8, 4) is 5.75 Å². The predicted octanol–water partition coefficient (Wildman–Crippen LogP) is 3.34. The average Bonchev–Trinajstić information content (AvgIpc) is 2.96. The molecule has 122 valence electrons. The largest absolute Gasteiger partial charge is 0.496 e. The van der Waals surface area contributed by atoms with E-state index in [9.17, 15) is 9.59 Å². The van der Waals surface area contributed by atoms with Gasteiger partial charge in [-0.1, -0.05) is 12.1 Å². The van der Waals surface area contributed by atoms with E-state index < -0.39 is 5.97 Å². The Kier molecular flexibility index (Phi) is 5.05. The molecule has 1 aromatic heterocycles. The third kappa shape index (κ3) is 3.71. The van der Waals surface area contributed by atoms with Crippen LogP contribution in [0, 0.1) is 13.8 Å². The fraction of sp³-hybridized carbons (Fsp3) is 0.294. The molecule has 1 aromatic carbocycles. The van der Waals surface area contributed by atoms with Gasteiger partial charge in [0.15, 0.2) is 0 Å². The molecule has 0 saturated carbocycles. The molecule has 0 unspecified atom stereocenters. The van der Waals surface area contributed by atoms with E-state index >= 15 is 0 Å². The van der Waals surface area contributed by atoms with Crippen molar-refractivity contribution in [2.75, 3.05) is 14.2 Å². The Bertz CT molecular complexity index is 728. The maximum atomic E-state index is 12.4. The number of methoxy groups -OCH3 is 1. The molecule has 0 aliphatic heterocycles. The van der Waals surface area contributed by atoms with Gasteiger partial charge in [0.05, 0.1) is 12.0 Å². The van der Waals surface area contributed by atoms with Crippen molar-refractivity contribution >= 4 is 23.2 Å². The lowest BCUT2D eigenvalue weighted by Crippen LogP contribution is -2.25. The lowest BCUT2D eigenvalue weighted by atomic mass is 10.1. The van der Waals surface area contributed by atoms with Crippen molar-refractivity contribution in [3.05, 3.63) is 50.7 Å². The third-order valence-electron chi connectivity index (χ3n) is 3.52. The summed E-state index contributed by atoms with van der Waals surface area (Å²) in [7, 11) is 3.35. The molecule has 0 saturated heterocycles. The summed E-state index contributed by atoms with van der Waals surface area (Å²) < 4.78 is 5.34. The van der Waals surface area contributed by atoms with Crippen molar-refractivity contribution in [1.29, 1.82) is 0 Å². The smallest absolute Gasteiger partial charge is 0.345 e. The maximum Gasteiger partial charge on any atom is 0.345 e. The molecule has 23 heavy (non-hydrogen) atoms. The minimum absolute atomic E-state index is 0.165. The van der Waals surface area contributed by atoms with Crippen LogP contribution >= 0.6 is 11.3 Å². The zero-order chi connectivity index (χ0) is 17.1. The van der Waals surface area contributed by atoms with Crippen LogP contribution in [0.4, 0.5) is 0 Å². The summed E-state index contributed by atoms with van der Waals surface area (Å²) in [6.07, 6.45) is 0. The van der Waals surface area contributed by atoms with Crippen LogP contribution in [0.25, 0.3) is 0 Å². The summed E-state index contributed by atoms with van der Waals surface area (Å²) in [5, 5.41) is 8.94. The van der Waals surface area contributed by atoms with Crippen molar-refractivity contribution < 1.29 is 19.4 Å². The Morgan fingerprint density at radius 3 is 2.22 bits per heavy atom. The van der Waals surface area contributed by atoms with E-state index in [0.29, 0.717) is 11.4 Å². The Labute approximate surface area is 139 Å². The zero-order valence-electron chi connectivity index (χ0n) is 13.5. The van der Waals surface area contributed by atoms with Crippen LogP contribution in [-0.4, -0.2) is 36.0 Å². The number of carbonyl (C=O) groups excluding carboxylic acids is 1. The molecule has 0 radical (unpaired) electrons. The summed E-state index contributed by atoms with van der Waals surface area (Å²) in [6.45, 7) is 4.38. The fourth-order valence-corrected chi connectivity index (χ4v) is 3.39. The Balaban J connectivity index is 2.16. The van der Waals surface area contributed by atoms with Crippen molar-refractivity contribution in [3.63, 3.8) is 0 Å². The first-order valence-electron chi connectivity index (χ1n) is 7.06. The first kappa shape index (κ1) is 17.0. The van der Waals surface area contributed by atoms with E-state index in [2.05, 4.69) is 0 Å². The number of carboxylic acid groups (broad SMARTS) is 1. The molecule has 2 aromatic rings. The summed E-state index contributed by atoms with van der Waals surface area (Å²) in [4.78, 5) is 25.5. The van der Waals surface area contributed by atoms with Crippen LogP contribution in [0.3, 0.4) is 0 Å². The molecule has 0 aliphatic rings. The van der Waals surface area contributed by atoms with Gasteiger partial charge in [-0.3, -0.25) is 4.79 Å². The van der Waals surface area contributed by atoms with Gasteiger partial charge in [0.2, 0.25) is 0 Å². The molecule has 0 atom stereocenters. The number of rotatable bonds is 5. The summed E-state index contributed by atoms with van der Waals surface area (Å²) in [6, 6.07) is 6.99. The summed E-state index contributed by atoms with van der Waals surface area (Å²) in [5.74, 6) is -0.348. The minimum atomic E-state index is -1.02. The predicted molar refractivity (Wildman–Crippen MR) is 89.5 cm³/mol. The first-order chi connectivity index (χ1) is 10.8. The van der Waals surface area contributed by atoms with Crippen LogP contribution in [-0.2, 0) is 6.54 Å². The quantitative estimate of drug-likeness (QED) is 0.911. The molecule has 5 nitrogen and oxygen atoms in total. The van der Waals surface area contributed by atoms with Gasteiger partial charge in [-0.05, 0) is 42.7 Å². The van der Waals surface area contributed by atoms with Gasteiger partial charge in [0.1, 0.15) is 10.6 Å². The molecule has 6 heteroatoms. The Morgan fingerprint density at radius 2 is 1.74 bits per heavy atom. The second-order valence-corrected chi connectivity index (χ2v) is 6.48. The number of amides is 1. The highest BCUT2D eigenvalue weighted by Gasteiger charge is 2.17. The van der Waals surface area contributed by atoms with E-state index in [1.165, 1.54) is 6.07 Å². The van der Waals surface area contributed by atoms with E-state index in [1.807, 2.05) is 26.0 Å². The number of carbonyl (C=O) groups is 2. The van der Waals surface area contributed by atoms with Crippen molar-refractivity contribution in [1.82, 2.24) is 4.90 Å².